The average molecular weight is 446 g/mol. The molecule has 30 heavy (non-hydrogen) atoms. The summed E-state index contributed by atoms with van der Waals surface area (Å²) in [5.41, 5.74) is 2.08. The summed E-state index contributed by atoms with van der Waals surface area (Å²) < 4.78 is 13.1. The van der Waals surface area contributed by atoms with Crippen LogP contribution in [-0.4, -0.2) is 47.3 Å². The van der Waals surface area contributed by atoms with Gasteiger partial charge in [0, 0.05) is 37.4 Å². The van der Waals surface area contributed by atoms with Gasteiger partial charge in [-0.15, -0.1) is 10.2 Å². The summed E-state index contributed by atoms with van der Waals surface area (Å²) >= 11 is 11.9. The molecule has 9 heteroatoms. The second-order valence-corrected chi connectivity index (χ2v) is 7.63. The molecule has 1 aliphatic rings. The summed E-state index contributed by atoms with van der Waals surface area (Å²) in [5, 5.41) is 12.2. The van der Waals surface area contributed by atoms with Crippen molar-refractivity contribution in [1.82, 2.24) is 15.1 Å². The van der Waals surface area contributed by atoms with Gasteiger partial charge in [0.05, 0.1) is 15.7 Å². The van der Waals surface area contributed by atoms with E-state index in [-0.39, 0.29) is 11.8 Å². The van der Waals surface area contributed by atoms with Gasteiger partial charge in [-0.05, 0) is 54.6 Å². The second kappa shape index (κ2) is 8.85. The van der Waals surface area contributed by atoms with Crippen LogP contribution in [0.4, 0.5) is 20.7 Å². The molecule has 1 aromatic heterocycles. The summed E-state index contributed by atoms with van der Waals surface area (Å²) in [4.78, 5) is 16.3. The molecule has 2 heterocycles. The number of rotatable bonds is 3. The number of amides is 2. The number of benzene rings is 2. The molecule has 1 N–H and O–H groups in total. The number of urea groups is 1. The number of nitrogens with zero attached hydrogens (tertiary/aromatic N) is 4. The van der Waals surface area contributed by atoms with Crippen LogP contribution in [0.1, 0.15) is 0 Å². The van der Waals surface area contributed by atoms with E-state index in [9.17, 15) is 9.18 Å². The molecule has 0 radical (unpaired) electrons. The van der Waals surface area contributed by atoms with Crippen LogP contribution in [0, 0.1) is 5.82 Å². The molecule has 6 nitrogen and oxygen atoms in total. The second-order valence-electron chi connectivity index (χ2n) is 6.82. The predicted octanol–water partition coefficient (Wildman–Crippen LogP) is 4.94. The lowest BCUT2D eigenvalue weighted by Gasteiger charge is -2.35. The zero-order valence-electron chi connectivity index (χ0n) is 15.9. The van der Waals surface area contributed by atoms with Gasteiger partial charge in [-0.3, -0.25) is 0 Å². The summed E-state index contributed by atoms with van der Waals surface area (Å²) in [5.74, 6) is 0.454. The van der Waals surface area contributed by atoms with E-state index < -0.39 is 0 Å². The lowest BCUT2D eigenvalue weighted by molar-refractivity contribution is 0.208. The zero-order valence-corrected chi connectivity index (χ0v) is 17.4. The number of piperazine rings is 1. The quantitative estimate of drug-likeness (QED) is 0.619. The molecule has 1 aliphatic heterocycles. The van der Waals surface area contributed by atoms with Crippen LogP contribution in [0.3, 0.4) is 0 Å². The Balaban J connectivity index is 1.34. The molecule has 1 fully saturated rings. The van der Waals surface area contributed by atoms with Gasteiger partial charge in [-0.25, -0.2) is 9.18 Å². The van der Waals surface area contributed by atoms with Crippen molar-refractivity contribution < 1.29 is 9.18 Å². The Bertz CT molecular complexity index is 1040. The molecule has 0 spiro atoms. The predicted molar refractivity (Wildman–Crippen MR) is 117 cm³/mol. The molecule has 0 bridgehead atoms. The number of nitrogens with one attached hydrogen (secondary N) is 1. The van der Waals surface area contributed by atoms with E-state index >= 15 is 0 Å². The van der Waals surface area contributed by atoms with Crippen LogP contribution in [-0.2, 0) is 0 Å². The minimum atomic E-state index is -0.288. The highest BCUT2D eigenvalue weighted by atomic mass is 35.5. The molecule has 0 atom stereocenters. The van der Waals surface area contributed by atoms with Gasteiger partial charge < -0.3 is 15.1 Å². The van der Waals surface area contributed by atoms with Crippen molar-refractivity contribution in [2.45, 2.75) is 0 Å². The molecular weight excluding hydrogens is 428 g/mol. The summed E-state index contributed by atoms with van der Waals surface area (Å²) in [7, 11) is 0. The van der Waals surface area contributed by atoms with Gasteiger partial charge in [0.15, 0.2) is 5.82 Å². The van der Waals surface area contributed by atoms with Crippen LogP contribution in [0.25, 0.3) is 11.3 Å². The first-order valence-corrected chi connectivity index (χ1v) is 10.1. The Morgan fingerprint density at radius 2 is 1.63 bits per heavy atom. The summed E-state index contributed by atoms with van der Waals surface area (Å²) in [6.45, 7) is 2.38. The summed E-state index contributed by atoms with van der Waals surface area (Å²) in [6.07, 6.45) is 0. The number of halogens is 3. The molecule has 154 valence electrons. The maximum Gasteiger partial charge on any atom is 0.321 e. The first kappa shape index (κ1) is 20.4. The first-order chi connectivity index (χ1) is 14.5. The highest BCUT2D eigenvalue weighted by molar-refractivity contribution is 6.42. The van der Waals surface area contributed by atoms with E-state index in [1.165, 1.54) is 12.1 Å². The molecule has 1 saturated heterocycles. The zero-order chi connectivity index (χ0) is 21.1. The van der Waals surface area contributed by atoms with Crippen molar-refractivity contribution in [3.8, 4) is 11.3 Å². The third-order valence-corrected chi connectivity index (χ3v) is 5.59. The molecule has 3 aromatic rings. The fourth-order valence-corrected chi connectivity index (χ4v) is 3.48. The van der Waals surface area contributed by atoms with Gasteiger partial charge in [0.1, 0.15) is 5.82 Å². The lowest BCUT2D eigenvalue weighted by Crippen LogP contribution is -2.50. The fraction of sp³-hybridized carbons (Fsp3) is 0.190. The summed E-state index contributed by atoms with van der Waals surface area (Å²) in [6, 6.07) is 14.7. The van der Waals surface area contributed by atoms with Gasteiger partial charge in [0.2, 0.25) is 0 Å². The Labute approximate surface area is 183 Å². The lowest BCUT2D eigenvalue weighted by atomic mass is 10.1. The van der Waals surface area contributed by atoms with Crippen molar-refractivity contribution in [3.05, 3.63) is 70.5 Å². The average Bonchev–Trinajstić information content (AvgIpc) is 2.77. The van der Waals surface area contributed by atoms with Crippen LogP contribution in [0.5, 0.6) is 0 Å². The third-order valence-electron chi connectivity index (χ3n) is 4.85. The fourth-order valence-electron chi connectivity index (χ4n) is 3.18. The van der Waals surface area contributed by atoms with Crippen LogP contribution in [0.15, 0.2) is 54.6 Å². The Morgan fingerprint density at radius 3 is 2.27 bits per heavy atom. The number of anilines is 2. The Morgan fingerprint density at radius 1 is 0.900 bits per heavy atom. The SMILES string of the molecule is O=C(Nc1ccc(Cl)c(Cl)c1)N1CCN(c2ccc(-c3ccc(F)cc3)nn2)CC1. The molecule has 0 aliphatic carbocycles. The van der Waals surface area contributed by atoms with E-state index in [0.717, 1.165) is 11.4 Å². The minimum absolute atomic E-state index is 0.189. The van der Waals surface area contributed by atoms with Gasteiger partial charge in [-0.2, -0.15) is 0 Å². The highest BCUT2D eigenvalue weighted by Crippen LogP contribution is 2.25. The van der Waals surface area contributed by atoms with Crippen LogP contribution in [0.2, 0.25) is 10.0 Å². The van der Waals surface area contributed by atoms with E-state index in [1.807, 2.05) is 12.1 Å². The van der Waals surface area contributed by atoms with Crippen molar-refractivity contribution in [3.63, 3.8) is 0 Å². The standard InChI is InChI=1S/C21H18Cl2FN5O/c22-17-6-5-16(13-18(17)23)25-21(30)29-11-9-28(10-12-29)20-8-7-19(26-27-20)14-1-3-15(24)4-2-14/h1-8,13H,9-12H2,(H,25,30). The number of carbonyl (C=O) groups is 1. The smallest absolute Gasteiger partial charge is 0.321 e. The van der Waals surface area contributed by atoms with Gasteiger partial charge >= 0.3 is 6.03 Å². The number of carbonyl (C=O) groups excluding carboxylic acids is 1. The van der Waals surface area contributed by atoms with E-state index in [1.54, 1.807) is 35.2 Å². The van der Waals surface area contributed by atoms with Gasteiger partial charge in [-0.1, -0.05) is 23.2 Å². The highest BCUT2D eigenvalue weighted by Gasteiger charge is 2.22. The third kappa shape index (κ3) is 4.63. The first-order valence-electron chi connectivity index (χ1n) is 9.35. The molecule has 0 saturated carbocycles. The normalized spacial score (nSPS) is 14.0. The van der Waals surface area contributed by atoms with E-state index in [0.29, 0.717) is 47.6 Å². The molecule has 2 aromatic carbocycles. The molecule has 2 amide bonds. The Kier molecular flexibility index (Phi) is 6.01. The number of hydrogen-bond acceptors (Lipinski definition) is 4. The topological polar surface area (TPSA) is 61.4 Å². The van der Waals surface area contributed by atoms with Crippen molar-refractivity contribution >= 4 is 40.7 Å². The van der Waals surface area contributed by atoms with E-state index in [2.05, 4.69) is 20.4 Å². The molecule has 0 unspecified atom stereocenters. The van der Waals surface area contributed by atoms with E-state index in [4.69, 9.17) is 23.2 Å². The molecule has 4 rings (SSSR count). The van der Waals surface area contributed by atoms with Crippen molar-refractivity contribution in [2.75, 3.05) is 36.4 Å². The van der Waals surface area contributed by atoms with Gasteiger partial charge in [0.25, 0.3) is 0 Å². The van der Waals surface area contributed by atoms with Crippen LogP contribution >= 0.6 is 23.2 Å². The molecular formula is C21H18Cl2FN5O. The maximum atomic E-state index is 13.1. The van der Waals surface area contributed by atoms with Crippen molar-refractivity contribution in [2.24, 2.45) is 0 Å². The number of aromatic nitrogens is 2. The van der Waals surface area contributed by atoms with Crippen molar-refractivity contribution in [1.29, 1.82) is 0 Å². The monoisotopic (exact) mass is 445 g/mol. The largest absolute Gasteiger partial charge is 0.352 e. The number of hydrogen-bond donors (Lipinski definition) is 1. The maximum absolute atomic E-state index is 13.1. The minimum Gasteiger partial charge on any atom is -0.352 e. The Hall–Kier alpha value is -2.90. The van der Waals surface area contributed by atoms with Crippen LogP contribution < -0.4 is 10.2 Å².